The normalized spacial score (nSPS) is 18.2. The van der Waals surface area contributed by atoms with Gasteiger partial charge in [0.2, 0.25) is 0 Å². The van der Waals surface area contributed by atoms with Crippen LogP contribution in [-0.2, 0) is 6.42 Å². The van der Waals surface area contributed by atoms with Crippen LogP contribution in [0.1, 0.15) is 12.5 Å². The molecule has 128 valence electrons. The zero-order valence-electron chi connectivity index (χ0n) is 12.3. The summed E-state index contributed by atoms with van der Waals surface area (Å²) in [5.74, 6) is -3.88. The van der Waals surface area contributed by atoms with Gasteiger partial charge in [0.05, 0.1) is 6.54 Å². The van der Waals surface area contributed by atoms with Gasteiger partial charge in [-0.15, -0.1) is 0 Å². The van der Waals surface area contributed by atoms with Crippen molar-refractivity contribution in [3.8, 4) is 5.75 Å². The third-order valence-corrected chi connectivity index (χ3v) is 3.35. The molecule has 1 atom stereocenters. The van der Waals surface area contributed by atoms with Crippen LogP contribution in [0.25, 0.3) is 0 Å². The van der Waals surface area contributed by atoms with Crippen molar-refractivity contribution >= 4 is 11.5 Å². The van der Waals surface area contributed by atoms with Crippen LogP contribution < -0.4 is 15.8 Å². The molecule has 9 heteroatoms. The molecule has 0 bridgehead atoms. The fourth-order valence-electron chi connectivity index (χ4n) is 1.96. The fraction of sp³-hybridized carbons (Fsp3) is 0.500. The van der Waals surface area contributed by atoms with Gasteiger partial charge in [-0.25, -0.2) is 4.99 Å². The Hall–Kier alpha value is -1.90. The average Bonchev–Trinajstić information content (AvgIpc) is 2.44. The van der Waals surface area contributed by atoms with E-state index >= 15 is 0 Å². The number of fused-ring (bicyclic) bond motifs is 1. The minimum absolute atomic E-state index is 0.0269. The molecule has 0 fully saturated rings. The lowest BCUT2D eigenvalue weighted by Crippen LogP contribution is -2.45. The van der Waals surface area contributed by atoms with Gasteiger partial charge in [0.15, 0.2) is 6.10 Å². The van der Waals surface area contributed by atoms with Gasteiger partial charge >= 0.3 is 12.1 Å². The van der Waals surface area contributed by atoms with E-state index in [4.69, 9.17) is 10.5 Å². The molecule has 23 heavy (non-hydrogen) atoms. The van der Waals surface area contributed by atoms with E-state index in [1.54, 1.807) is 25.1 Å². The van der Waals surface area contributed by atoms with Crippen LogP contribution in [0.15, 0.2) is 23.2 Å². The van der Waals surface area contributed by atoms with Crippen molar-refractivity contribution in [2.24, 2.45) is 10.7 Å². The number of hydrogen-bond donors (Lipinski definition) is 2. The van der Waals surface area contributed by atoms with E-state index in [0.717, 1.165) is 5.56 Å². The molecule has 0 spiro atoms. The zero-order chi connectivity index (χ0) is 17.3. The second kappa shape index (κ2) is 6.31. The molecule has 0 aromatic heterocycles. The monoisotopic (exact) mass is 337 g/mol. The number of nitrogens with one attached hydrogen (secondary N) is 1. The Morgan fingerprint density at radius 2 is 1.96 bits per heavy atom. The van der Waals surface area contributed by atoms with Gasteiger partial charge in [0, 0.05) is 0 Å². The summed E-state index contributed by atoms with van der Waals surface area (Å²) in [5, 5.41) is 2.11. The third-order valence-electron chi connectivity index (χ3n) is 3.35. The topological polar surface area (TPSA) is 59.6 Å². The Morgan fingerprint density at radius 1 is 1.26 bits per heavy atom. The first-order valence-electron chi connectivity index (χ1n) is 6.89. The van der Waals surface area contributed by atoms with Crippen LogP contribution in [0.2, 0.25) is 0 Å². The first kappa shape index (κ1) is 17.5. The molecular weight excluding hydrogens is 321 g/mol. The zero-order valence-corrected chi connectivity index (χ0v) is 12.3. The number of nitrogens with two attached hydrogens (primary N) is 1. The second-order valence-electron chi connectivity index (χ2n) is 5.23. The second-order valence-corrected chi connectivity index (χ2v) is 5.23. The van der Waals surface area contributed by atoms with Crippen LogP contribution in [0.4, 0.5) is 27.6 Å². The molecule has 4 nitrogen and oxygen atoms in total. The maximum absolute atomic E-state index is 12.7. The first-order valence-corrected chi connectivity index (χ1v) is 6.89. The number of rotatable bonds is 5. The number of nitrogens with zero attached hydrogens (tertiary/aromatic N) is 1. The number of aliphatic imine (C=N–C) groups is 1. The van der Waals surface area contributed by atoms with Crippen LogP contribution in [0.3, 0.4) is 0 Å². The van der Waals surface area contributed by atoms with E-state index in [1.807, 2.05) is 0 Å². The Bertz CT molecular complexity index is 601. The fourth-order valence-corrected chi connectivity index (χ4v) is 1.96. The highest BCUT2D eigenvalue weighted by atomic mass is 19.4. The maximum atomic E-state index is 12.7. The van der Waals surface area contributed by atoms with Gasteiger partial charge in [-0.3, -0.25) is 0 Å². The van der Waals surface area contributed by atoms with Crippen molar-refractivity contribution in [1.82, 2.24) is 5.32 Å². The summed E-state index contributed by atoms with van der Waals surface area (Å²) in [6.07, 6.45) is -5.61. The summed E-state index contributed by atoms with van der Waals surface area (Å²) < 4.78 is 67.0. The van der Waals surface area contributed by atoms with Crippen LogP contribution in [0.5, 0.6) is 5.75 Å². The highest BCUT2D eigenvalue weighted by molar-refractivity contribution is 5.89. The van der Waals surface area contributed by atoms with E-state index in [0.29, 0.717) is 17.3 Å². The van der Waals surface area contributed by atoms with Crippen molar-refractivity contribution in [3.63, 3.8) is 0 Å². The van der Waals surface area contributed by atoms with Gasteiger partial charge < -0.3 is 15.8 Å². The maximum Gasteiger partial charge on any atom is 0.454 e. The highest BCUT2D eigenvalue weighted by Crippen LogP contribution is 2.35. The molecule has 1 heterocycles. The molecule has 0 saturated heterocycles. The van der Waals surface area contributed by atoms with Crippen LogP contribution in [0, 0.1) is 0 Å². The lowest BCUT2D eigenvalue weighted by atomic mass is 10.1. The molecule has 0 unspecified atom stereocenters. The predicted octanol–water partition coefficient (Wildman–Crippen LogP) is 2.79. The Labute approximate surface area is 129 Å². The number of benzene rings is 1. The van der Waals surface area contributed by atoms with Gasteiger partial charge in [0.25, 0.3) is 0 Å². The molecule has 3 N–H and O–H groups in total. The molecular formula is C14H16F5N3O. The Morgan fingerprint density at radius 3 is 2.61 bits per heavy atom. The average molecular weight is 337 g/mol. The number of hydrogen-bond acceptors (Lipinski definition) is 4. The Kier molecular flexibility index (Phi) is 4.79. The summed E-state index contributed by atoms with van der Waals surface area (Å²) in [7, 11) is 0. The summed E-state index contributed by atoms with van der Waals surface area (Å²) in [5.41, 5.74) is 6.91. The summed E-state index contributed by atoms with van der Waals surface area (Å²) in [4.78, 5) is 4.17. The van der Waals surface area contributed by atoms with Crippen molar-refractivity contribution in [3.05, 3.63) is 23.8 Å². The minimum atomic E-state index is -5.55. The Balaban J connectivity index is 1.90. The van der Waals surface area contributed by atoms with E-state index in [-0.39, 0.29) is 19.1 Å². The molecule has 1 aromatic carbocycles. The van der Waals surface area contributed by atoms with Gasteiger partial charge in [-0.1, -0.05) is 6.07 Å². The third kappa shape index (κ3) is 4.10. The minimum Gasteiger partial charge on any atom is -0.481 e. The SMILES string of the molecule is C[C@H]1Oc2ccc(CCNCC(F)(F)C(F)(F)F)cc2N=C1N. The van der Waals surface area contributed by atoms with E-state index in [9.17, 15) is 22.0 Å². The van der Waals surface area contributed by atoms with Crippen LogP contribution >= 0.6 is 0 Å². The van der Waals surface area contributed by atoms with Crippen molar-refractivity contribution in [2.45, 2.75) is 31.5 Å². The molecule has 2 rings (SSSR count). The van der Waals surface area contributed by atoms with Crippen LogP contribution in [-0.4, -0.2) is 37.1 Å². The summed E-state index contributed by atoms with van der Waals surface area (Å²) >= 11 is 0. The quantitative estimate of drug-likeness (QED) is 0.642. The molecule has 0 saturated carbocycles. The standard InChI is InChI=1S/C14H16F5N3O/c1-8-12(20)22-10-6-9(2-3-11(10)23-8)4-5-21-7-13(15,16)14(17,18)19/h2-3,6,8,21H,4-5,7H2,1H3,(H2,20,22)/t8-/m1/s1. The summed E-state index contributed by atoms with van der Waals surface area (Å²) in [6.45, 7) is 0.272. The smallest absolute Gasteiger partial charge is 0.454 e. The van der Waals surface area contributed by atoms with Gasteiger partial charge in [-0.05, 0) is 37.6 Å². The van der Waals surface area contributed by atoms with Crippen molar-refractivity contribution in [1.29, 1.82) is 0 Å². The van der Waals surface area contributed by atoms with Crippen molar-refractivity contribution in [2.75, 3.05) is 13.1 Å². The van der Waals surface area contributed by atoms with E-state index < -0.39 is 18.6 Å². The lowest BCUT2D eigenvalue weighted by molar-refractivity contribution is -0.279. The number of ether oxygens (including phenoxy) is 1. The molecule has 0 aliphatic carbocycles. The molecule has 1 aliphatic heterocycles. The van der Waals surface area contributed by atoms with E-state index in [2.05, 4.69) is 10.3 Å². The van der Waals surface area contributed by atoms with Gasteiger partial charge in [0.1, 0.15) is 17.3 Å². The molecule has 0 radical (unpaired) electrons. The highest BCUT2D eigenvalue weighted by Gasteiger charge is 2.56. The molecule has 0 amide bonds. The van der Waals surface area contributed by atoms with Crippen molar-refractivity contribution < 1.29 is 26.7 Å². The van der Waals surface area contributed by atoms with Gasteiger partial charge in [-0.2, -0.15) is 22.0 Å². The molecule has 1 aromatic rings. The first-order chi connectivity index (χ1) is 10.6. The number of halogens is 5. The largest absolute Gasteiger partial charge is 0.481 e. The lowest BCUT2D eigenvalue weighted by Gasteiger charge is -2.21. The number of amidine groups is 1. The predicted molar refractivity (Wildman–Crippen MR) is 75.4 cm³/mol. The molecule has 1 aliphatic rings. The number of alkyl halides is 5. The van der Waals surface area contributed by atoms with E-state index in [1.165, 1.54) is 0 Å². The summed E-state index contributed by atoms with van der Waals surface area (Å²) in [6, 6.07) is 5.03.